The zero-order chi connectivity index (χ0) is 62.3. The minimum atomic E-state index is -1.60. The minimum Gasteiger partial charge on any atom is -0.308 e. The zero-order valence-corrected chi connectivity index (χ0v) is 49.8. The summed E-state index contributed by atoms with van der Waals surface area (Å²) in [6, 6.07) is 77.2. The second kappa shape index (κ2) is 22.2. The number of nitrogens with zero attached hydrogens (tertiary/aromatic N) is 2. The van der Waals surface area contributed by atoms with Crippen LogP contribution in [-0.2, 0) is 10.8 Å². The zero-order valence-electron chi connectivity index (χ0n) is 49.8. The summed E-state index contributed by atoms with van der Waals surface area (Å²) in [5.41, 5.74) is 19.5. The van der Waals surface area contributed by atoms with Gasteiger partial charge >= 0.3 is 0 Å². The van der Waals surface area contributed by atoms with E-state index < -0.39 is 45.7 Å². The number of benzene rings is 12. The van der Waals surface area contributed by atoms with Gasteiger partial charge in [-0.3, -0.25) is 0 Å². The fraction of sp³-hybridized carbons (Fsp3) is 0.0732. The van der Waals surface area contributed by atoms with Gasteiger partial charge in [0.05, 0.1) is 22.2 Å². The van der Waals surface area contributed by atoms with Crippen LogP contribution in [0.3, 0.4) is 0 Å². The first-order chi connectivity index (χ1) is 43.6. The Hall–Kier alpha value is -10.7. The van der Waals surface area contributed by atoms with Crippen LogP contribution in [0, 0.1) is 62.6 Å². The van der Waals surface area contributed by atoms with Gasteiger partial charge in [0.25, 0.3) is 0 Å². The Labute approximate surface area is 520 Å². The highest BCUT2D eigenvalue weighted by Crippen LogP contribution is 2.60. The van der Waals surface area contributed by atoms with E-state index in [-0.39, 0.29) is 11.4 Å². The summed E-state index contributed by atoms with van der Waals surface area (Å²) >= 11 is 0. The highest BCUT2D eigenvalue weighted by atomic mass is 19.2. The lowest BCUT2D eigenvalue weighted by Gasteiger charge is -2.36. The third-order valence-electron chi connectivity index (χ3n) is 18.4. The number of aryl methyl sites for hydroxylation is 4. The van der Waals surface area contributed by atoms with Gasteiger partial charge in [-0.25, -0.2) is 26.3 Å². The van der Waals surface area contributed by atoms with E-state index in [1.165, 1.54) is 12.1 Å². The summed E-state index contributed by atoms with van der Waals surface area (Å²) in [5.74, 6) is -8.54. The van der Waals surface area contributed by atoms with Crippen LogP contribution in [0.1, 0.15) is 77.9 Å². The Morgan fingerprint density at radius 2 is 0.667 bits per heavy atom. The molecule has 2 aliphatic carbocycles. The maximum atomic E-state index is 16.6. The molecular formula is C82H58F6N2. The van der Waals surface area contributed by atoms with E-state index in [1.54, 1.807) is 34.1 Å². The van der Waals surface area contributed by atoms with E-state index in [1.807, 2.05) is 97.1 Å². The van der Waals surface area contributed by atoms with Gasteiger partial charge in [0, 0.05) is 22.7 Å². The van der Waals surface area contributed by atoms with Crippen molar-refractivity contribution in [3.05, 3.63) is 369 Å². The lowest BCUT2D eigenvalue weighted by Crippen LogP contribution is -2.30. The van der Waals surface area contributed by atoms with E-state index in [4.69, 9.17) is 0 Å². The molecule has 2 atom stereocenters. The van der Waals surface area contributed by atoms with Gasteiger partial charge < -0.3 is 9.80 Å². The standard InChI is InChI=1S/C82H58F6N2/c1-7-53-21-29-57(30-22-53)81(69-45-49(3)17-19-51(69)5)67-15-11-9-13-63(67)65-39-37-61(47-71(65)81)89(75-43-41-73(83)77(85)79(75)87)59-33-25-55(26-34-59)56-27-35-60(36-28-56)90(76-44-42-74(84)78(86)80(76)88)62-38-40-66-64-14-10-12-16-68(64)82(72(66)48-62,58-31-23-54(8-2)24-32-58)70-46-50(4)18-20-52(70)6/h7-48H,1-2H2,3-6H3. The molecule has 14 rings (SSSR count). The fourth-order valence-corrected chi connectivity index (χ4v) is 14.2. The predicted octanol–water partition coefficient (Wildman–Crippen LogP) is 22.4. The lowest BCUT2D eigenvalue weighted by atomic mass is 9.66. The summed E-state index contributed by atoms with van der Waals surface area (Å²) in [4.78, 5) is 3.22. The van der Waals surface area contributed by atoms with Crippen LogP contribution >= 0.6 is 0 Å². The van der Waals surface area contributed by atoms with Gasteiger partial charge in [0.2, 0.25) is 0 Å². The summed E-state index contributed by atoms with van der Waals surface area (Å²) in [5, 5.41) is 0. The van der Waals surface area contributed by atoms with Gasteiger partial charge in [0.15, 0.2) is 34.9 Å². The first-order valence-electron chi connectivity index (χ1n) is 29.8. The Morgan fingerprint density at radius 3 is 1.04 bits per heavy atom. The molecule has 0 aliphatic heterocycles. The maximum Gasteiger partial charge on any atom is 0.196 e. The Bertz CT molecular complexity index is 4570. The molecule has 0 aromatic heterocycles. The van der Waals surface area contributed by atoms with E-state index in [0.717, 1.165) is 123 Å². The van der Waals surface area contributed by atoms with Gasteiger partial charge in [-0.05, 0) is 201 Å². The van der Waals surface area contributed by atoms with Crippen molar-refractivity contribution in [1.82, 2.24) is 0 Å². The first-order valence-corrected chi connectivity index (χ1v) is 29.8. The first kappa shape index (κ1) is 57.1. The van der Waals surface area contributed by atoms with Crippen LogP contribution in [0.15, 0.2) is 256 Å². The summed E-state index contributed by atoms with van der Waals surface area (Å²) in [7, 11) is 0. The van der Waals surface area contributed by atoms with Gasteiger partial charge in [-0.2, -0.15) is 0 Å². The number of halogens is 6. The summed E-state index contributed by atoms with van der Waals surface area (Å²) in [6.45, 7) is 16.4. The van der Waals surface area contributed by atoms with Crippen molar-refractivity contribution in [1.29, 1.82) is 0 Å². The molecule has 2 nitrogen and oxygen atoms in total. The second-order valence-electron chi connectivity index (χ2n) is 23.5. The average molecular weight is 1190 g/mol. The van der Waals surface area contributed by atoms with Gasteiger partial charge in [0.1, 0.15) is 0 Å². The van der Waals surface area contributed by atoms with Crippen molar-refractivity contribution in [2.24, 2.45) is 0 Å². The smallest absolute Gasteiger partial charge is 0.196 e. The molecule has 0 spiro atoms. The van der Waals surface area contributed by atoms with Crippen molar-refractivity contribution in [3.63, 3.8) is 0 Å². The lowest BCUT2D eigenvalue weighted by molar-refractivity contribution is 0.448. The quantitative estimate of drug-likeness (QED) is 0.0839. The van der Waals surface area contributed by atoms with Crippen molar-refractivity contribution < 1.29 is 26.3 Å². The van der Waals surface area contributed by atoms with E-state index in [9.17, 15) is 8.78 Å². The minimum absolute atomic E-state index is 0.203. The van der Waals surface area contributed by atoms with Crippen LogP contribution < -0.4 is 9.80 Å². The van der Waals surface area contributed by atoms with E-state index >= 15 is 17.6 Å². The normalized spacial score (nSPS) is 15.2. The van der Waals surface area contributed by atoms with E-state index in [2.05, 4.69) is 150 Å². The van der Waals surface area contributed by atoms with Crippen LogP contribution in [0.4, 0.5) is 60.5 Å². The highest BCUT2D eigenvalue weighted by molar-refractivity contribution is 5.92. The molecule has 8 heteroatoms. The van der Waals surface area contributed by atoms with Crippen LogP contribution in [0.5, 0.6) is 0 Å². The molecule has 0 heterocycles. The van der Waals surface area contributed by atoms with Crippen LogP contribution in [0.25, 0.3) is 45.5 Å². The molecule has 0 saturated heterocycles. The van der Waals surface area contributed by atoms with Crippen LogP contribution in [0.2, 0.25) is 0 Å². The summed E-state index contributed by atoms with van der Waals surface area (Å²) in [6.07, 6.45) is 3.62. The number of hydrogen-bond acceptors (Lipinski definition) is 2. The maximum absolute atomic E-state index is 16.6. The van der Waals surface area contributed by atoms with Crippen molar-refractivity contribution in [2.45, 2.75) is 38.5 Å². The van der Waals surface area contributed by atoms with Crippen molar-refractivity contribution in [2.75, 3.05) is 9.80 Å². The molecule has 2 aliphatic rings. The molecule has 90 heavy (non-hydrogen) atoms. The largest absolute Gasteiger partial charge is 0.308 e. The van der Waals surface area contributed by atoms with Crippen molar-refractivity contribution in [3.8, 4) is 33.4 Å². The molecular weight excluding hydrogens is 1130 g/mol. The van der Waals surface area contributed by atoms with Gasteiger partial charge in [-0.1, -0.05) is 206 Å². The molecule has 2 unspecified atom stereocenters. The Morgan fingerprint density at radius 1 is 0.311 bits per heavy atom. The molecule has 12 aromatic rings. The molecule has 438 valence electrons. The number of anilines is 6. The molecule has 12 aromatic carbocycles. The summed E-state index contributed by atoms with van der Waals surface area (Å²) < 4.78 is 94.4. The molecule has 0 amide bonds. The molecule has 0 saturated carbocycles. The number of fused-ring (bicyclic) bond motifs is 6. The SMILES string of the molecule is C=Cc1ccc(C2(c3cc(C)ccc3C)c3ccccc3-c3ccc(N(c4ccc(-c5ccc(N(c6ccc7c(c6)C(c6ccc(C=C)cc6)(c6cc(C)ccc6C)c6ccccc6-7)c6ccc(F)c(F)c6F)cc5)cc4)c4ccc(F)c(F)c4F)cc32)cc1. The molecule has 0 radical (unpaired) electrons. The Kier molecular flexibility index (Phi) is 14.1. The average Bonchev–Trinajstić information content (AvgIpc) is 1.52. The fourth-order valence-electron chi connectivity index (χ4n) is 14.2. The molecule has 0 N–H and O–H groups in total. The Balaban J connectivity index is 0.895. The topological polar surface area (TPSA) is 6.48 Å². The third kappa shape index (κ3) is 8.87. The number of hydrogen-bond donors (Lipinski definition) is 0. The second-order valence-corrected chi connectivity index (χ2v) is 23.5. The monoisotopic (exact) mass is 1180 g/mol. The molecule has 0 bridgehead atoms. The number of rotatable bonds is 13. The van der Waals surface area contributed by atoms with Crippen molar-refractivity contribution >= 4 is 46.3 Å². The van der Waals surface area contributed by atoms with Gasteiger partial charge in [-0.15, -0.1) is 0 Å². The molecule has 0 fully saturated rings. The highest BCUT2D eigenvalue weighted by Gasteiger charge is 2.49. The van der Waals surface area contributed by atoms with E-state index in [0.29, 0.717) is 22.7 Å². The third-order valence-corrected chi connectivity index (χ3v) is 18.4. The predicted molar refractivity (Wildman–Crippen MR) is 355 cm³/mol. The van der Waals surface area contributed by atoms with Crippen LogP contribution in [-0.4, -0.2) is 0 Å².